The number of rotatable bonds is 11. The largest absolute Gasteiger partial charge is 0.344 e. The van der Waals surface area contributed by atoms with Gasteiger partial charge in [-0.25, -0.2) is 0 Å². The third kappa shape index (κ3) is 9.21. The van der Waals surface area contributed by atoms with Gasteiger partial charge in [0.2, 0.25) is 0 Å². The zero-order valence-corrected chi connectivity index (χ0v) is 16.0. The van der Waals surface area contributed by atoms with Crippen molar-refractivity contribution in [1.29, 1.82) is 0 Å². The first-order valence-electron chi connectivity index (χ1n) is 9.40. The van der Waals surface area contributed by atoms with Crippen LogP contribution < -0.4 is 21.7 Å². The first kappa shape index (κ1) is 21.9. The number of amidine groups is 1. The fourth-order valence-electron chi connectivity index (χ4n) is 2.88. The minimum atomic E-state index is 0. The summed E-state index contributed by atoms with van der Waals surface area (Å²) in [5.74, 6) is 1.14. The fourth-order valence-corrected chi connectivity index (χ4v) is 2.88. The lowest BCUT2D eigenvalue weighted by molar-refractivity contribution is 0.579. The van der Waals surface area contributed by atoms with Crippen molar-refractivity contribution in [3.63, 3.8) is 0 Å². The standard InChI is InChI=1S/C19H33N5.ClH/c20-11-4-12-21-13-5-14-22-15-6-16-23-19-10-3-8-17-7-1-2-9-18(17)24-19;/h1-2,7,9,21-22H,3-6,8,10-16,20H2,(H,23,24);1H. The lowest BCUT2D eigenvalue weighted by Crippen LogP contribution is -2.24. The van der Waals surface area contributed by atoms with Gasteiger partial charge < -0.3 is 21.7 Å². The number of hydrogen-bond acceptors (Lipinski definition) is 4. The lowest BCUT2D eigenvalue weighted by Gasteiger charge is -2.09. The number of nitrogens with one attached hydrogen (secondary N) is 3. The van der Waals surface area contributed by atoms with Crippen molar-refractivity contribution in [1.82, 2.24) is 10.6 Å². The minimum Gasteiger partial charge on any atom is -0.344 e. The summed E-state index contributed by atoms with van der Waals surface area (Å²) in [6.07, 6.45) is 6.69. The number of nitrogens with two attached hydrogens (primary N) is 1. The molecule has 1 heterocycles. The van der Waals surface area contributed by atoms with Gasteiger partial charge in [0, 0.05) is 18.7 Å². The van der Waals surface area contributed by atoms with Gasteiger partial charge >= 0.3 is 0 Å². The van der Waals surface area contributed by atoms with Crippen LogP contribution in [0.25, 0.3) is 0 Å². The van der Waals surface area contributed by atoms with Crippen LogP contribution in [0.5, 0.6) is 0 Å². The molecule has 0 radical (unpaired) electrons. The van der Waals surface area contributed by atoms with Crippen molar-refractivity contribution in [2.24, 2.45) is 10.7 Å². The Balaban J connectivity index is 0.00000312. The molecule has 6 heteroatoms. The molecular formula is C19H34ClN5. The van der Waals surface area contributed by atoms with Crippen molar-refractivity contribution in [3.8, 4) is 0 Å². The van der Waals surface area contributed by atoms with Crippen molar-refractivity contribution < 1.29 is 0 Å². The maximum atomic E-state index is 5.46. The molecule has 0 unspecified atom stereocenters. The smallest absolute Gasteiger partial charge is 0.101 e. The number of para-hydroxylation sites is 1. The molecule has 142 valence electrons. The minimum absolute atomic E-state index is 0. The Hall–Kier alpha value is -1.14. The SMILES string of the molecule is Cl.NCCCNCCCNCCCN=C1CCCc2ccccc2N1. The van der Waals surface area contributed by atoms with Gasteiger partial charge in [0.1, 0.15) is 5.84 Å². The molecular weight excluding hydrogens is 334 g/mol. The third-order valence-corrected chi connectivity index (χ3v) is 4.24. The number of halogens is 1. The van der Waals surface area contributed by atoms with E-state index >= 15 is 0 Å². The summed E-state index contributed by atoms with van der Waals surface area (Å²) in [5, 5.41) is 10.4. The summed E-state index contributed by atoms with van der Waals surface area (Å²) in [6, 6.07) is 8.56. The van der Waals surface area contributed by atoms with Gasteiger partial charge in [-0.15, -0.1) is 12.4 Å². The number of aryl methyl sites for hydroxylation is 1. The van der Waals surface area contributed by atoms with Crippen LogP contribution in [0.2, 0.25) is 0 Å². The highest BCUT2D eigenvalue weighted by Crippen LogP contribution is 2.21. The highest BCUT2D eigenvalue weighted by Gasteiger charge is 2.10. The van der Waals surface area contributed by atoms with Gasteiger partial charge in [-0.2, -0.15) is 0 Å². The Kier molecular flexibility index (Phi) is 12.3. The van der Waals surface area contributed by atoms with Crippen LogP contribution in [0.1, 0.15) is 37.7 Å². The molecule has 1 aliphatic rings. The number of benzene rings is 1. The number of fused-ring (bicyclic) bond motifs is 1. The maximum Gasteiger partial charge on any atom is 0.101 e. The topological polar surface area (TPSA) is 74.5 Å². The van der Waals surface area contributed by atoms with Gasteiger partial charge in [0.15, 0.2) is 0 Å². The molecule has 2 rings (SSSR count). The number of nitrogens with zero attached hydrogens (tertiary/aromatic N) is 1. The molecule has 0 bridgehead atoms. The molecule has 0 fully saturated rings. The molecule has 0 saturated carbocycles. The summed E-state index contributed by atoms with van der Waals surface area (Å²) in [4.78, 5) is 4.75. The molecule has 0 atom stereocenters. The first-order valence-corrected chi connectivity index (χ1v) is 9.40. The second-order valence-corrected chi connectivity index (χ2v) is 6.31. The van der Waals surface area contributed by atoms with Crippen LogP contribution in [0, 0.1) is 0 Å². The highest BCUT2D eigenvalue weighted by atomic mass is 35.5. The monoisotopic (exact) mass is 367 g/mol. The Morgan fingerprint density at radius 1 is 0.960 bits per heavy atom. The molecule has 0 aliphatic carbocycles. The molecule has 1 aromatic rings. The van der Waals surface area contributed by atoms with E-state index in [1.54, 1.807) is 0 Å². The van der Waals surface area contributed by atoms with E-state index in [4.69, 9.17) is 10.7 Å². The van der Waals surface area contributed by atoms with Gasteiger partial charge in [0.05, 0.1) is 0 Å². The fraction of sp³-hybridized carbons (Fsp3) is 0.632. The molecule has 0 spiro atoms. The molecule has 5 N–H and O–H groups in total. The number of hydrogen-bond donors (Lipinski definition) is 4. The highest BCUT2D eigenvalue weighted by molar-refractivity contribution is 5.96. The van der Waals surface area contributed by atoms with E-state index in [2.05, 4.69) is 40.2 Å². The van der Waals surface area contributed by atoms with E-state index in [1.807, 2.05) is 0 Å². The molecule has 0 saturated heterocycles. The van der Waals surface area contributed by atoms with Crippen LogP contribution in [-0.2, 0) is 6.42 Å². The van der Waals surface area contributed by atoms with Crippen molar-refractivity contribution >= 4 is 23.9 Å². The van der Waals surface area contributed by atoms with E-state index in [1.165, 1.54) is 17.7 Å². The van der Waals surface area contributed by atoms with Gasteiger partial charge in [-0.3, -0.25) is 4.99 Å². The van der Waals surface area contributed by atoms with E-state index in [-0.39, 0.29) is 12.4 Å². The van der Waals surface area contributed by atoms with Crippen LogP contribution in [-0.4, -0.2) is 45.1 Å². The summed E-state index contributed by atoms with van der Waals surface area (Å²) in [7, 11) is 0. The van der Waals surface area contributed by atoms with Crippen LogP contribution in [0.15, 0.2) is 29.3 Å². The Morgan fingerprint density at radius 3 is 2.48 bits per heavy atom. The van der Waals surface area contributed by atoms with E-state index in [0.29, 0.717) is 0 Å². The normalized spacial score (nSPS) is 15.2. The average molecular weight is 368 g/mol. The summed E-state index contributed by atoms with van der Waals surface area (Å²) >= 11 is 0. The van der Waals surface area contributed by atoms with Crippen LogP contribution >= 0.6 is 12.4 Å². The summed E-state index contributed by atoms with van der Waals surface area (Å²) in [5.41, 5.74) is 8.09. The predicted molar refractivity (Wildman–Crippen MR) is 111 cm³/mol. The number of aliphatic imine (C=N–C) groups is 1. The predicted octanol–water partition coefficient (Wildman–Crippen LogP) is 2.56. The third-order valence-electron chi connectivity index (χ3n) is 4.24. The van der Waals surface area contributed by atoms with Crippen LogP contribution in [0.4, 0.5) is 5.69 Å². The van der Waals surface area contributed by atoms with Gasteiger partial charge in [0.25, 0.3) is 0 Å². The summed E-state index contributed by atoms with van der Waals surface area (Å²) in [6.45, 7) is 5.87. The van der Waals surface area contributed by atoms with Crippen LogP contribution in [0.3, 0.4) is 0 Å². The zero-order chi connectivity index (χ0) is 16.9. The number of anilines is 1. The first-order chi connectivity index (χ1) is 11.9. The molecule has 0 amide bonds. The van der Waals surface area contributed by atoms with E-state index in [9.17, 15) is 0 Å². The average Bonchev–Trinajstić information content (AvgIpc) is 2.81. The quantitative estimate of drug-likeness (QED) is 0.453. The van der Waals surface area contributed by atoms with Gasteiger partial charge in [-0.05, 0) is 76.5 Å². The molecule has 5 nitrogen and oxygen atoms in total. The molecule has 25 heavy (non-hydrogen) atoms. The van der Waals surface area contributed by atoms with Gasteiger partial charge in [-0.1, -0.05) is 18.2 Å². The zero-order valence-electron chi connectivity index (χ0n) is 15.2. The second-order valence-electron chi connectivity index (χ2n) is 6.31. The van der Waals surface area contributed by atoms with Crippen molar-refractivity contribution in [2.45, 2.75) is 38.5 Å². The molecule has 1 aliphatic heterocycles. The van der Waals surface area contributed by atoms with Crippen molar-refractivity contribution in [2.75, 3.05) is 44.6 Å². The van der Waals surface area contributed by atoms with E-state index < -0.39 is 0 Å². The van der Waals surface area contributed by atoms with E-state index in [0.717, 1.165) is 77.2 Å². The van der Waals surface area contributed by atoms with Crippen molar-refractivity contribution in [3.05, 3.63) is 29.8 Å². The maximum absolute atomic E-state index is 5.46. The molecule has 1 aromatic carbocycles. The Morgan fingerprint density at radius 2 is 1.68 bits per heavy atom. The Bertz CT molecular complexity index is 492. The summed E-state index contributed by atoms with van der Waals surface area (Å²) < 4.78 is 0. The Labute approximate surface area is 158 Å². The molecule has 0 aromatic heterocycles. The second kappa shape index (κ2) is 14.1. The lowest BCUT2D eigenvalue weighted by atomic mass is 10.1.